The van der Waals surface area contributed by atoms with Crippen LogP contribution in [0.2, 0.25) is 0 Å². The topological polar surface area (TPSA) is 0 Å². The molecule has 0 nitrogen and oxygen atoms in total. The van der Waals surface area contributed by atoms with Crippen molar-refractivity contribution in [1.82, 2.24) is 0 Å². The first kappa shape index (κ1) is 40.7. The van der Waals surface area contributed by atoms with Gasteiger partial charge in [0.25, 0.3) is 0 Å². The van der Waals surface area contributed by atoms with Crippen LogP contribution in [0.15, 0.2) is 76.9 Å². The second-order valence-corrected chi connectivity index (χ2v) is 18.6. The van der Waals surface area contributed by atoms with E-state index in [2.05, 4.69) is 138 Å². The molecule has 278 valence electrons. The van der Waals surface area contributed by atoms with E-state index in [1.165, 1.54) is 99.3 Å². The molecule has 6 atom stereocenters. The maximum Gasteiger partial charge on any atom is 0.0132 e. The standard InChI is InChI=1S/C50H78/c1-13-38-34-41(33-37(9)10)44(14-2)48-46(40-23-27-43(28-24-40)50(12,16-4)32-18-20-36(7)8)30-29-45(47(38)48)39-21-25-42(26-22-39)49(11,15-3)31-17-19-35(5)6/h21-27,29-30,35-37,41,43-44,48H,13-20,28,31-34H2,1-12H3. The Morgan fingerprint density at radius 2 is 1.44 bits per heavy atom. The molecular weight excluding hydrogens is 601 g/mol. The molecule has 4 rings (SSSR count). The molecule has 0 saturated heterocycles. The average molecular weight is 679 g/mol. The molecule has 50 heavy (non-hydrogen) atoms. The Labute approximate surface area is 311 Å². The van der Waals surface area contributed by atoms with Gasteiger partial charge >= 0.3 is 0 Å². The van der Waals surface area contributed by atoms with Gasteiger partial charge in [0, 0.05) is 5.92 Å². The van der Waals surface area contributed by atoms with Crippen LogP contribution < -0.4 is 0 Å². The largest absolute Gasteiger partial charge is 0.0800 e. The minimum absolute atomic E-state index is 0.250. The highest BCUT2D eigenvalue weighted by molar-refractivity contribution is 5.85. The molecule has 0 fully saturated rings. The summed E-state index contributed by atoms with van der Waals surface area (Å²) in [5.41, 5.74) is 11.6. The highest BCUT2D eigenvalue weighted by Gasteiger charge is 2.42. The summed E-state index contributed by atoms with van der Waals surface area (Å²) >= 11 is 0. The highest BCUT2D eigenvalue weighted by Crippen LogP contribution is 2.55. The number of hydrogen-bond donors (Lipinski definition) is 0. The number of fused-ring (bicyclic) bond motifs is 1. The van der Waals surface area contributed by atoms with E-state index < -0.39 is 0 Å². The van der Waals surface area contributed by atoms with E-state index in [0.29, 0.717) is 23.2 Å². The molecule has 0 amide bonds. The van der Waals surface area contributed by atoms with Gasteiger partial charge in [0.15, 0.2) is 0 Å². The van der Waals surface area contributed by atoms with Gasteiger partial charge in [0.05, 0.1) is 0 Å². The van der Waals surface area contributed by atoms with Crippen LogP contribution in [-0.2, 0) is 5.41 Å². The minimum Gasteiger partial charge on any atom is -0.0800 e. The van der Waals surface area contributed by atoms with Crippen LogP contribution in [0.1, 0.15) is 178 Å². The second-order valence-electron chi connectivity index (χ2n) is 18.6. The molecule has 0 heteroatoms. The third-order valence-electron chi connectivity index (χ3n) is 13.8. The van der Waals surface area contributed by atoms with E-state index in [0.717, 1.165) is 30.1 Å². The normalized spacial score (nSPS) is 25.0. The van der Waals surface area contributed by atoms with E-state index in [-0.39, 0.29) is 5.41 Å². The van der Waals surface area contributed by atoms with Crippen molar-refractivity contribution in [3.63, 3.8) is 0 Å². The van der Waals surface area contributed by atoms with Gasteiger partial charge in [-0.2, -0.15) is 0 Å². The van der Waals surface area contributed by atoms with E-state index in [1.807, 2.05) is 0 Å². The van der Waals surface area contributed by atoms with E-state index >= 15 is 0 Å². The first-order chi connectivity index (χ1) is 23.8. The summed E-state index contributed by atoms with van der Waals surface area (Å²) in [6, 6.07) is 9.92. The van der Waals surface area contributed by atoms with E-state index in [1.54, 1.807) is 16.7 Å². The van der Waals surface area contributed by atoms with Gasteiger partial charge in [-0.15, -0.1) is 0 Å². The summed E-state index contributed by atoms with van der Waals surface area (Å²) in [5.74, 6) is 4.88. The van der Waals surface area contributed by atoms with Crippen molar-refractivity contribution < 1.29 is 0 Å². The van der Waals surface area contributed by atoms with Crippen LogP contribution >= 0.6 is 0 Å². The lowest BCUT2D eigenvalue weighted by atomic mass is 9.58. The Balaban J connectivity index is 1.73. The molecule has 1 aromatic carbocycles. The molecule has 1 aromatic rings. The van der Waals surface area contributed by atoms with Gasteiger partial charge in [-0.1, -0.05) is 182 Å². The molecule has 0 N–H and O–H groups in total. The molecule has 0 aromatic heterocycles. The van der Waals surface area contributed by atoms with Crippen LogP contribution in [-0.4, -0.2) is 0 Å². The fourth-order valence-corrected chi connectivity index (χ4v) is 10.1. The lowest BCUT2D eigenvalue weighted by Gasteiger charge is -2.46. The maximum absolute atomic E-state index is 2.65. The van der Waals surface area contributed by atoms with Gasteiger partial charge in [0.1, 0.15) is 0 Å². The predicted molar refractivity (Wildman–Crippen MR) is 223 cm³/mol. The van der Waals surface area contributed by atoms with Crippen molar-refractivity contribution in [2.45, 2.75) is 172 Å². The van der Waals surface area contributed by atoms with Crippen molar-refractivity contribution in [1.29, 1.82) is 0 Å². The summed E-state index contributed by atoms with van der Waals surface area (Å²) in [5, 5.41) is 0. The quantitative estimate of drug-likeness (QED) is 0.145. The number of rotatable bonds is 18. The lowest BCUT2D eigenvalue weighted by Crippen LogP contribution is -2.34. The number of benzene rings is 1. The Morgan fingerprint density at radius 1 is 0.780 bits per heavy atom. The van der Waals surface area contributed by atoms with Gasteiger partial charge in [-0.25, -0.2) is 0 Å². The zero-order chi connectivity index (χ0) is 36.6. The van der Waals surface area contributed by atoms with Crippen molar-refractivity contribution >= 4 is 5.57 Å². The lowest BCUT2D eigenvalue weighted by molar-refractivity contribution is 0.188. The molecule has 6 unspecified atom stereocenters. The third kappa shape index (κ3) is 9.47. The summed E-state index contributed by atoms with van der Waals surface area (Å²) in [4.78, 5) is 0. The maximum atomic E-state index is 2.65. The molecule has 0 heterocycles. The van der Waals surface area contributed by atoms with Gasteiger partial charge in [-0.3, -0.25) is 0 Å². The van der Waals surface area contributed by atoms with E-state index in [9.17, 15) is 0 Å². The van der Waals surface area contributed by atoms with Crippen LogP contribution in [0.5, 0.6) is 0 Å². The van der Waals surface area contributed by atoms with Crippen LogP contribution in [0, 0.1) is 46.8 Å². The summed E-state index contributed by atoms with van der Waals surface area (Å²) in [6.07, 6.45) is 29.5. The molecule has 0 spiro atoms. The van der Waals surface area contributed by atoms with Crippen molar-refractivity contribution in [3.8, 4) is 0 Å². The summed E-state index contributed by atoms with van der Waals surface area (Å²) < 4.78 is 0. The first-order valence-electron chi connectivity index (χ1n) is 21.4. The van der Waals surface area contributed by atoms with Crippen LogP contribution in [0.3, 0.4) is 0 Å². The fraction of sp³-hybridized carbons (Fsp3) is 0.680. The minimum atomic E-state index is 0.250. The second kappa shape index (κ2) is 18.1. The van der Waals surface area contributed by atoms with Gasteiger partial charge in [0.2, 0.25) is 0 Å². The van der Waals surface area contributed by atoms with Crippen molar-refractivity contribution in [2.75, 3.05) is 0 Å². The van der Waals surface area contributed by atoms with Gasteiger partial charge in [-0.05, 0) is 125 Å². The molecule has 0 aliphatic heterocycles. The van der Waals surface area contributed by atoms with Gasteiger partial charge < -0.3 is 0 Å². The third-order valence-corrected chi connectivity index (χ3v) is 13.8. The SMILES string of the molecule is CCC1=C2C(c3ccc(C(C)(CC)CCCC(C)C)cc3)=CC=C(C3=CCC(C(C)(CC)CCCC(C)C)C=C3)C2C(CC)C(CC(C)C)C1. The van der Waals surface area contributed by atoms with Crippen LogP contribution in [0.4, 0.5) is 0 Å². The molecular formula is C50H78. The molecule has 0 radical (unpaired) electrons. The van der Waals surface area contributed by atoms with Crippen LogP contribution in [0.25, 0.3) is 5.57 Å². The Bertz CT molecular complexity index is 1390. The highest BCUT2D eigenvalue weighted by atomic mass is 14.5. The Morgan fingerprint density at radius 3 is 1.96 bits per heavy atom. The zero-order valence-electron chi connectivity index (χ0n) is 34.9. The van der Waals surface area contributed by atoms with E-state index in [4.69, 9.17) is 0 Å². The monoisotopic (exact) mass is 679 g/mol. The molecule has 3 aliphatic carbocycles. The summed E-state index contributed by atoms with van der Waals surface area (Å²) in [7, 11) is 0. The molecule has 0 bridgehead atoms. The van der Waals surface area contributed by atoms with Crippen molar-refractivity contribution in [3.05, 3.63) is 88.1 Å². The smallest absolute Gasteiger partial charge is 0.0132 e. The number of allylic oxidation sites excluding steroid dienone is 10. The predicted octanol–water partition coefficient (Wildman–Crippen LogP) is 15.7. The molecule has 3 aliphatic rings. The van der Waals surface area contributed by atoms with Crippen molar-refractivity contribution in [2.24, 2.45) is 46.8 Å². The molecule has 0 saturated carbocycles. The summed E-state index contributed by atoms with van der Waals surface area (Å²) in [6.45, 7) is 29.1. The number of hydrogen-bond acceptors (Lipinski definition) is 0. The Kier molecular flexibility index (Phi) is 14.7. The fourth-order valence-electron chi connectivity index (χ4n) is 10.1. The average Bonchev–Trinajstić information content (AvgIpc) is 3.10. The first-order valence-corrected chi connectivity index (χ1v) is 21.4. The zero-order valence-corrected chi connectivity index (χ0v) is 34.9. The Hall–Kier alpha value is -2.08.